The SMILES string of the molecule is CN1CCCC(NC(=O)N2CCCC(C(=O)O)C2)C1. The Balaban J connectivity index is 1.83. The molecule has 0 aromatic rings. The Bertz CT molecular complexity index is 348. The first kappa shape index (κ1) is 14.1. The molecule has 2 saturated heterocycles. The van der Waals surface area contributed by atoms with Gasteiger partial charge in [-0.15, -0.1) is 0 Å². The van der Waals surface area contributed by atoms with E-state index in [9.17, 15) is 9.59 Å². The summed E-state index contributed by atoms with van der Waals surface area (Å²) in [4.78, 5) is 27.0. The number of hydrogen-bond donors (Lipinski definition) is 2. The zero-order valence-corrected chi connectivity index (χ0v) is 11.5. The quantitative estimate of drug-likeness (QED) is 0.769. The minimum atomic E-state index is -0.796. The number of carbonyl (C=O) groups is 2. The lowest BCUT2D eigenvalue weighted by Crippen LogP contribution is -2.53. The van der Waals surface area contributed by atoms with Crippen LogP contribution in [0, 0.1) is 5.92 Å². The summed E-state index contributed by atoms with van der Waals surface area (Å²) in [7, 11) is 2.06. The molecule has 2 heterocycles. The van der Waals surface area contributed by atoms with Gasteiger partial charge in [-0.2, -0.15) is 0 Å². The minimum absolute atomic E-state index is 0.105. The molecule has 2 unspecified atom stereocenters. The molecule has 2 aliphatic rings. The molecule has 6 nitrogen and oxygen atoms in total. The number of nitrogens with one attached hydrogen (secondary N) is 1. The van der Waals surface area contributed by atoms with Gasteiger partial charge >= 0.3 is 12.0 Å². The Kier molecular flexibility index (Phi) is 4.63. The molecule has 2 rings (SSSR count). The number of amides is 2. The Morgan fingerprint density at radius 1 is 1.16 bits per heavy atom. The second kappa shape index (κ2) is 6.23. The molecule has 0 saturated carbocycles. The van der Waals surface area contributed by atoms with E-state index in [1.54, 1.807) is 4.90 Å². The summed E-state index contributed by atoms with van der Waals surface area (Å²) in [5, 5.41) is 12.1. The van der Waals surface area contributed by atoms with Gasteiger partial charge in [0.15, 0.2) is 0 Å². The molecule has 0 aromatic heterocycles. The van der Waals surface area contributed by atoms with Crippen molar-refractivity contribution in [1.82, 2.24) is 15.1 Å². The first-order valence-electron chi connectivity index (χ1n) is 7.03. The smallest absolute Gasteiger partial charge is 0.317 e. The molecular formula is C13H23N3O3. The summed E-state index contributed by atoms with van der Waals surface area (Å²) in [6.07, 6.45) is 3.55. The maximum atomic E-state index is 12.1. The lowest BCUT2D eigenvalue weighted by Gasteiger charge is -2.35. The summed E-state index contributed by atoms with van der Waals surface area (Å²) in [5.41, 5.74) is 0. The minimum Gasteiger partial charge on any atom is -0.481 e. The predicted molar refractivity (Wildman–Crippen MR) is 71.0 cm³/mol. The van der Waals surface area contributed by atoms with Gasteiger partial charge in [-0.05, 0) is 39.3 Å². The van der Waals surface area contributed by atoms with Crippen molar-refractivity contribution in [2.45, 2.75) is 31.7 Å². The second-order valence-corrected chi connectivity index (χ2v) is 5.67. The third-order valence-corrected chi connectivity index (χ3v) is 4.01. The van der Waals surface area contributed by atoms with E-state index >= 15 is 0 Å². The molecule has 0 radical (unpaired) electrons. The van der Waals surface area contributed by atoms with Crippen LogP contribution in [0.25, 0.3) is 0 Å². The van der Waals surface area contributed by atoms with Crippen molar-refractivity contribution in [1.29, 1.82) is 0 Å². The maximum Gasteiger partial charge on any atom is 0.317 e. The van der Waals surface area contributed by atoms with E-state index in [0.29, 0.717) is 19.5 Å². The van der Waals surface area contributed by atoms with Gasteiger partial charge in [-0.3, -0.25) is 4.79 Å². The van der Waals surface area contributed by atoms with Crippen LogP contribution in [0.1, 0.15) is 25.7 Å². The van der Waals surface area contributed by atoms with Crippen LogP contribution in [0.15, 0.2) is 0 Å². The van der Waals surface area contributed by atoms with Crippen LogP contribution in [-0.2, 0) is 4.79 Å². The lowest BCUT2D eigenvalue weighted by molar-refractivity contribution is -0.143. The zero-order chi connectivity index (χ0) is 13.8. The summed E-state index contributed by atoms with van der Waals surface area (Å²) < 4.78 is 0. The number of hydrogen-bond acceptors (Lipinski definition) is 3. The van der Waals surface area contributed by atoms with Crippen molar-refractivity contribution in [2.24, 2.45) is 5.92 Å². The highest BCUT2D eigenvalue weighted by Crippen LogP contribution is 2.17. The third-order valence-electron chi connectivity index (χ3n) is 4.01. The van der Waals surface area contributed by atoms with E-state index in [2.05, 4.69) is 17.3 Å². The highest BCUT2D eigenvalue weighted by atomic mass is 16.4. The van der Waals surface area contributed by atoms with Gasteiger partial charge < -0.3 is 20.2 Å². The fourth-order valence-electron chi connectivity index (χ4n) is 2.91. The van der Waals surface area contributed by atoms with E-state index in [0.717, 1.165) is 32.4 Å². The van der Waals surface area contributed by atoms with Crippen molar-refractivity contribution < 1.29 is 14.7 Å². The molecular weight excluding hydrogens is 246 g/mol. The average molecular weight is 269 g/mol. The molecule has 2 N–H and O–H groups in total. The standard InChI is InChI=1S/C13H23N3O3/c1-15-6-3-5-11(9-15)14-13(19)16-7-2-4-10(8-16)12(17)18/h10-11H,2-9H2,1H3,(H,14,19)(H,17,18). The Labute approximate surface area is 113 Å². The molecule has 0 aromatic carbocycles. The van der Waals surface area contributed by atoms with Gasteiger partial charge in [0.05, 0.1) is 5.92 Å². The average Bonchev–Trinajstić information content (AvgIpc) is 2.39. The normalized spacial score (nSPS) is 29.0. The van der Waals surface area contributed by atoms with Crippen LogP contribution in [0.4, 0.5) is 4.79 Å². The molecule has 19 heavy (non-hydrogen) atoms. The predicted octanol–water partition coefficient (Wildman–Crippen LogP) is 0.587. The maximum absolute atomic E-state index is 12.1. The van der Waals surface area contributed by atoms with Gasteiger partial charge in [0, 0.05) is 25.7 Å². The number of carboxylic acid groups (broad SMARTS) is 1. The highest BCUT2D eigenvalue weighted by Gasteiger charge is 2.29. The highest BCUT2D eigenvalue weighted by molar-refractivity contribution is 5.76. The van der Waals surface area contributed by atoms with Gasteiger partial charge in [-0.1, -0.05) is 0 Å². The summed E-state index contributed by atoms with van der Waals surface area (Å²) in [6, 6.07) is 0.0858. The molecule has 2 atom stereocenters. The number of likely N-dealkylation sites (tertiary alicyclic amines) is 2. The largest absolute Gasteiger partial charge is 0.481 e. The fraction of sp³-hybridized carbons (Fsp3) is 0.846. The molecule has 0 spiro atoms. The van der Waals surface area contributed by atoms with Gasteiger partial charge in [0.2, 0.25) is 0 Å². The molecule has 2 fully saturated rings. The van der Waals surface area contributed by atoms with E-state index in [4.69, 9.17) is 5.11 Å². The second-order valence-electron chi connectivity index (χ2n) is 5.67. The van der Waals surface area contributed by atoms with E-state index in [1.165, 1.54) is 0 Å². The van der Waals surface area contributed by atoms with Crippen molar-refractivity contribution in [3.63, 3.8) is 0 Å². The monoisotopic (exact) mass is 269 g/mol. The number of rotatable bonds is 2. The van der Waals surface area contributed by atoms with Crippen LogP contribution in [0.2, 0.25) is 0 Å². The summed E-state index contributed by atoms with van der Waals surface area (Å²) in [5.74, 6) is -1.21. The third kappa shape index (κ3) is 3.83. The number of carbonyl (C=O) groups excluding carboxylic acids is 1. The van der Waals surface area contributed by atoms with E-state index < -0.39 is 11.9 Å². The number of nitrogens with zero attached hydrogens (tertiary/aromatic N) is 2. The molecule has 0 aliphatic carbocycles. The van der Waals surface area contributed by atoms with Crippen LogP contribution in [0.5, 0.6) is 0 Å². The van der Waals surface area contributed by atoms with Crippen molar-refractivity contribution in [3.8, 4) is 0 Å². The fourth-order valence-corrected chi connectivity index (χ4v) is 2.91. The number of aliphatic carboxylic acids is 1. The number of carboxylic acids is 1. The lowest BCUT2D eigenvalue weighted by atomic mass is 9.98. The van der Waals surface area contributed by atoms with Crippen molar-refractivity contribution >= 4 is 12.0 Å². The summed E-state index contributed by atoms with van der Waals surface area (Å²) in [6.45, 7) is 2.96. The Morgan fingerprint density at radius 2 is 1.89 bits per heavy atom. The first-order valence-corrected chi connectivity index (χ1v) is 7.03. The van der Waals surface area contributed by atoms with Crippen LogP contribution >= 0.6 is 0 Å². The van der Waals surface area contributed by atoms with Crippen molar-refractivity contribution in [2.75, 3.05) is 33.2 Å². The van der Waals surface area contributed by atoms with Crippen LogP contribution < -0.4 is 5.32 Å². The Hall–Kier alpha value is -1.30. The summed E-state index contributed by atoms with van der Waals surface area (Å²) >= 11 is 0. The Morgan fingerprint density at radius 3 is 2.58 bits per heavy atom. The molecule has 108 valence electrons. The van der Waals surface area contributed by atoms with E-state index in [-0.39, 0.29) is 12.1 Å². The van der Waals surface area contributed by atoms with Crippen molar-refractivity contribution in [3.05, 3.63) is 0 Å². The number of piperidine rings is 2. The number of likely N-dealkylation sites (N-methyl/N-ethyl adjacent to an activating group) is 1. The van der Waals surface area contributed by atoms with Gasteiger partial charge in [0.25, 0.3) is 0 Å². The first-order chi connectivity index (χ1) is 9.06. The number of urea groups is 1. The zero-order valence-electron chi connectivity index (χ0n) is 11.5. The molecule has 0 bridgehead atoms. The molecule has 2 amide bonds. The molecule has 6 heteroatoms. The van der Waals surface area contributed by atoms with Crippen LogP contribution in [0.3, 0.4) is 0 Å². The topological polar surface area (TPSA) is 72.9 Å². The van der Waals surface area contributed by atoms with E-state index in [1.807, 2.05) is 0 Å². The van der Waals surface area contributed by atoms with Gasteiger partial charge in [-0.25, -0.2) is 4.79 Å². The van der Waals surface area contributed by atoms with Crippen LogP contribution in [-0.4, -0.2) is 66.2 Å². The van der Waals surface area contributed by atoms with Gasteiger partial charge in [0.1, 0.15) is 0 Å². The molecule has 2 aliphatic heterocycles.